The van der Waals surface area contributed by atoms with Crippen LogP contribution in [0.3, 0.4) is 0 Å². The van der Waals surface area contributed by atoms with Gasteiger partial charge in [0.05, 0.1) is 6.26 Å². The van der Waals surface area contributed by atoms with Crippen LogP contribution in [-0.4, -0.2) is 17.7 Å². The molecule has 0 spiro atoms. The van der Waals surface area contributed by atoms with Crippen molar-refractivity contribution in [2.24, 2.45) is 0 Å². The molecule has 0 aliphatic carbocycles. The topological polar surface area (TPSA) is 39.3 Å². The van der Waals surface area contributed by atoms with E-state index in [1.165, 1.54) is 5.69 Å². The summed E-state index contributed by atoms with van der Waals surface area (Å²) in [5.74, 6) is 0.883. The molecule has 0 bridgehead atoms. The van der Waals surface area contributed by atoms with Gasteiger partial charge in [0, 0.05) is 31.6 Å². The Morgan fingerprint density at radius 2 is 2.26 bits per heavy atom. The van der Waals surface area contributed by atoms with Crippen LogP contribution < -0.4 is 5.32 Å². The van der Waals surface area contributed by atoms with Crippen molar-refractivity contribution >= 4 is 0 Å². The highest BCUT2D eigenvalue weighted by Gasteiger charge is 1.98. The molecule has 0 fully saturated rings. The quantitative estimate of drug-likeness (QED) is 0.706. The van der Waals surface area contributed by atoms with Crippen LogP contribution in [0.1, 0.15) is 24.8 Å². The van der Waals surface area contributed by atoms with E-state index >= 15 is 0 Å². The number of ether oxygens (including phenoxy) is 1. The fraction of sp³-hybridized carbons (Fsp3) is 0.467. The van der Waals surface area contributed by atoms with Gasteiger partial charge in [-0.2, -0.15) is 0 Å². The van der Waals surface area contributed by atoms with Crippen LogP contribution in [0.4, 0.5) is 0 Å². The zero-order valence-corrected chi connectivity index (χ0v) is 11.5. The summed E-state index contributed by atoms with van der Waals surface area (Å²) >= 11 is 0. The maximum atomic E-state index is 5.52. The molecule has 0 aromatic carbocycles. The van der Waals surface area contributed by atoms with Crippen molar-refractivity contribution in [1.29, 1.82) is 0 Å². The Hall–Kier alpha value is -1.52. The van der Waals surface area contributed by atoms with Gasteiger partial charge in [-0.25, -0.2) is 0 Å². The maximum absolute atomic E-state index is 5.52. The van der Waals surface area contributed by atoms with Gasteiger partial charge >= 0.3 is 0 Å². The Bertz CT molecular complexity index is 448. The predicted octanol–water partition coefficient (Wildman–Crippen LogP) is 2.80. The molecule has 104 valence electrons. The van der Waals surface area contributed by atoms with E-state index in [0.29, 0.717) is 6.61 Å². The minimum Gasteiger partial charge on any atom is -0.467 e. The van der Waals surface area contributed by atoms with Gasteiger partial charge in [-0.15, -0.1) is 0 Å². The number of furan rings is 1. The van der Waals surface area contributed by atoms with Gasteiger partial charge in [-0.05, 0) is 44.2 Å². The zero-order valence-electron chi connectivity index (χ0n) is 11.5. The highest BCUT2D eigenvalue weighted by Crippen LogP contribution is 2.02. The van der Waals surface area contributed by atoms with Gasteiger partial charge in [0.1, 0.15) is 12.4 Å². The van der Waals surface area contributed by atoms with Crippen molar-refractivity contribution in [2.75, 3.05) is 13.2 Å². The van der Waals surface area contributed by atoms with Gasteiger partial charge in [0.2, 0.25) is 0 Å². The number of hydrogen-bond acceptors (Lipinski definition) is 3. The molecule has 0 radical (unpaired) electrons. The molecule has 1 N–H and O–H groups in total. The molecule has 2 heterocycles. The van der Waals surface area contributed by atoms with E-state index in [9.17, 15) is 0 Å². The smallest absolute Gasteiger partial charge is 0.129 e. The standard InChI is InChI=1S/C15H22N2O2/c1-2-17-9-3-6-14(17)12-16-8-5-10-18-13-15-7-4-11-19-15/h3-4,6-7,9,11,16H,2,5,8,10,12-13H2,1H3. The molecule has 2 aromatic heterocycles. The van der Waals surface area contributed by atoms with Crippen molar-refractivity contribution in [3.63, 3.8) is 0 Å². The molecular formula is C15H22N2O2. The first kappa shape index (κ1) is 13.9. The number of rotatable bonds is 9. The second kappa shape index (κ2) is 7.81. The molecule has 0 aliphatic rings. The van der Waals surface area contributed by atoms with Crippen molar-refractivity contribution in [3.8, 4) is 0 Å². The van der Waals surface area contributed by atoms with E-state index < -0.39 is 0 Å². The van der Waals surface area contributed by atoms with Crippen molar-refractivity contribution in [3.05, 3.63) is 48.2 Å². The summed E-state index contributed by atoms with van der Waals surface area (Å²) < 4.78 is 13.0. The highest BCUT2D eigenvalue weighted by molar-refractivity contribution is 5.06. The Morgan fingerprint density at radius 1 is 1.32 bits per heavy atom. The lowest BCUT2D eigenvalue weighted by atomic mass is 10.4. The minimum absolute atomic E-state index is 0.561. The summed E-state index contributed by atoms with van der Waals surface area (Å²) in [5.41, 5.74) is 1.33. The molecule has 0 unspecified atom stereocenters. The predicted molar refractivity (Wildman–Crippen MR) is 74.8 cm³/mol. The number of aryl methyl sites for hydroxylation is 1. The van der Waals surface area contributed by atoms with E-state index in [-0.39, 0.29) is 0 Å². The third-order valence-electron chi connectivity index (χ3n) is 3.04. The minimum atomic E-state index is 0.561. The lowest BCUT2D eigenvalue weighted by molar-refractivity contribution is 0.104. The van der Waals surface area contributed by atoms with Gasteiger partial charge in [-0.3, -0.25) is 0 Å². The third-order valence-corrected chi connectivity index (χ3v) is 3.04. The fourth-order valence-corrected chi connectivity index (χ4v) is 2.00. The molecular weight excluding hydrogens is 240 g/mol. The third kappa shape index (κ3) is 4.58. The van der Waals surface area contributed by atoms with Gasteiger partial charge < -0.3 is 19.0 Å². The van der Waals surface area contributed by atoms with Gasteiger partial charge in [-0.1, -0.05) is 0 Å². The van der Waals surface area contributed by atoms with Crippen molar-refractivity contribution in [1.82, 2.24) is 9.88 Å². The summed E-state index contributed by atoms with van der Waals surface area (Å²) in [7, 11) is 0. The maximum Gasteiger partial charge on any atom is 0.129 e. The lowest BCUT2D eigenvalue weighted by Gasteiger charge is -2.08. The van der Waals surface area contributed by atoms with Crippen LogP contribution in [0.2, 0.25) is 0 Å². The average Bonchev–Trinajstić information content (AvgIpc) is 3.08. The second-order valence-corrected chi connectivity index (χ2v) is 4.45. The van der Waals surface area contributed by atoms with E-state index in [1.54, 1.807) is 6.26 Å². The summed E-state index contributed by atoms with van der Waals surface area (Å²) in [6.45, 7) is 6.38. The highest BCUT2D eigenvalue weighted by atomic mass is 16.5. The number of aromatic nitrogens is 1. The van der Waals surface area contributed by atoms with E-state index in [0.717, 1.165) is 38.4 Å². The van der Waals surface area contributed by atoms with E-state index in [2.05, 4.69) is 35.1 Å². The van der Waals surface area contributed by atoms with Crippen molar-refractivity contribution in [2.45, 2.75) is 33.0 Å². The Morgan fingerprint density at radius 3 is 3.05 bits per heavy atom. The summed E-state index contributed by atoms with van der Waals surface area (Å²) in [5, 5.41) is 3.43. The molecule has 19 heavy (non-hydrogen) atoms. The molecule has 4 nitrogen and oxygen atoms in total. The first-order chi connectivity index (χ1) is 9.40. The second-order valence-electron chi connectivity index (χ2n) is 4.45. The molecule has 0 amide bonds. The lowest BCUT2D eigenvalue weighted by Crippen LogP contribution is -2.18. The molecule has 0 saturated carbocycles. The van der Waals surface area contributed by atoms with Crippen LogP contribution in [-0.2, 0) is 24.4 Å². The summed E-state index contributed by atoms with van der Waals surface area (Å²) in [4.78, 5) is 0. The molecule has 0 saturated heterocycles. The van der Waals surface area contributed by atoms with Crippen LogP contribution >= 0.6 is 0 Å². The Kier molecular flexibility index (Phi) is 5.72. The molecule has 0 aliphatic heterocycles. The molecule has 2 rings (SSSR count). The van der Waals surface area contributed by atoms with E-state index in [4.69, 9.17) is 9.15 Å². The van der Waals surface area contributed by atoms with Gasteiger partial charge in [0.25, 0.3) is 0 Å². The first-order valence-corrected chi connectivity index (χ1v) is 6.85. The molecule has 4 heteroatoms. The van der Waals surface area contributed by atoms with Crippen LogP contribution in [0.25, 0.3) is 0 Å². The average molecular weight is 262 g/mol. The number of hydrogen-bond donors (Lipinski definition) is 1. The number of nitrogens with one attached hydrogen (secondary N) is 1. The molecule has 0 atom stereocenters. The van der Waals surface area contributed by atoms with Crippen LogP contribution in [0, 0.1) is 0 Å². The molecule has 2 aromatic rings. The largest absolute Gasteiger partial charge is 0.467 e. The Balaban J connectivity index is 1.50. The number of nitrogens with zero attached hydrogens (tertiary/aromatic N) is 1. The fourth-order valence-electron chi connectivity index (χ4n) is 2.00. The van der Waals surface area contributed by atoms with Crippen LogP contribution in [0.5, 0.6) is 0 Å². The summed E-state index contributed by atoms with van der Waals surface area (Å²) in [6, 6.07) is 8.05. The van der Waals surface area contributed by atoms with Crippen LogP contribution in [0.15, 0.2) is 41.1 Å². The van der Waals surface area contributed by atoms with Crippen molar-refractivity contribution < 1.29 is 9.15 Å². The Labute approximate surface area is 114 Å². The van der Waals surface area contributed by atoms with E-state index in [1.807, 2.05) is 12.1 Å². The normalized spacial score (nSPS) is 11.0. The zero-order chi connectivity index (χ0) is 13.3. The van der Waals surface area contributed by atoms with Gasteiger partial charge in [0.15, 0.2) is 0 Å². The monoisotopic (exact) mass is 262 g/mol. The SMILES string of the molecule is CCn1cccc1CNCCCOCc1ccco1. The first-order valence-electron chi connectivity index (χ1n) is 6.85. The summed E-state index contributed by atoms with van der Waals surface area (Å²) in [6.07, 6.45) is 4.79.